The van der Waals surface area contributed by atoms with Crippen LogP contribution in [0.15, 0.2) is 18.2 Å². The first-order valence-electron chi connectivity index (χ1n) is 7.14. The summed E-state index contributed by atoms with van der Waals surface area (Å²) >= 11 is 6.15. The van der Waals surface area contributed by atoms with E-state index >= 15 is 0 Å². The lowest BCUT2D eigenvalue weighted by Crippen LogP contribution is -2.32. The maximum absolute atomic E-state index is 11.5. The van der Waals surface area contributed by atoms with E-state index < -0.39 is 11.5 Å². The van der Waals surface area contributed by atoms with Crippen molar-refractivity contribution in [3.05, 3.63) is 34.3 Å². The highest BCUT2D eigenvalue weighted by Gasteiger charge is 2.39. The van der Waals surface area contributed by atoms with E-state index in [1.165, 1.54) is 0 Å². The van der Waals surface area contributed by atoms with Crippen molar-refractivity contribution >= 4 is 17.6 Å². The normalized spacial score (nSPS) is 17.4. The molecule has 0 unspecified atom stereocenters. The number of hydrogen-bond acceptors (Lipinski definition) is 4. The third-order valence-electron chi connectivity index (χ3n) is 4.01. The molecule has 1 aliphatic rings. The second kappa shape index (κ2) is 6.46. The summed E-state index contributed by atoms with van der Waals surface area (Å²) in [7, 11) is 0. The number of benzene rings is 1. The van der Waals surface area contributed by atoms with Crippen LogP contribution < -0.4 is 5.73 Å². The van der Waals surface area contributed by atoms with Crippen molar-refractivity contribution in [1.82, 2.24) is 0 Å². The summed E-state index contributed by atoms with van der Waals surface area (Å²) in [5.74, 6) is -0.329. The van der Waals surface area contributed by atoms with Gasteiger partial charge in [0.15, 0.2) is 0 Å². The zero-order valence-electron chi connectivity index (χ0n) is 12.1. The summed E-state index contributed by atoms with van der Waals surface area (Å²) in [5, 5.41) is 9.97. The van der Waals surface area contributed by atoms with Crippen molar-refractivity contribution in [3.8, 4) is 6.07 Å². The Kier molecular flexibility index (Phi) is 4.87. The Bertz CT molecular complexity index is 576. The maximum Gasteiger partial charge on any atom is 0.307 e. The molecule has 0 amide bonds. The molecule has 0 bridgehead atoms. The first kappa shape index (κ1) is 15.8. The molecule has 112 valence electrons. The Morgan fingerprint density at radius 2 is 2.24 bits per heavy atom. The smallest absolute Gasteiger partial charge is 0.307 e. The van der Waals surface area contributed by atoms with Crippen LogP contribution in [0.5, 0.6) is 0 Å². The maximum atomic E-state index is 11.5. The van der Waals surface area contributed by atoms with Gasteiger partial charge in [0.2, 0.25) is 0 Å². The SMILES string of the molecule is CCOC(=O)C[C@@H](N)c1cc(Cl)cc(C2(C#N)CCC2)c1. The summed E-state index contributed by atoms with van der Waals surface area (Å²) in [5.41, 5.74) is 7.30. The number of nitrogens with zero attached hydrogens (tertiary/aromatic N) is 1. The van der Waals surface area contributed by atoms with Gasteiger partial charge in [-0.05, 0) is 49.4 Å². The van der Waals surface area contributed by atoms with Gasteiger partial charge in [-0.15, -0.1) is 0 Å². The van der Waals surface area contributed by atoms with Crippen LogP contribution in [0.4, 0.5) is 0 Å². The summed E-state index contributed by atoms with van der Waals surface area (Å²) < 4.78 is 4.91. The van der Waals surface area contributed by atoms with Gasteiger partial charge in [0.05, 0.1) is 24.5 Å². The van der Waals surface area contributed by atoms with Gasteiger partial charge in [0.1, 0.15) is 0 Å². The van der Waals surface area contributed by atoms with Gasteiger partial charge in [-0.25, -0.2) is 0 Å². The lowest BCUT2D eigenvalue weighted by Gasteiger charge is -2.36. The molecule has 0 aromatic heterocycles. The number of hydrogen-bond donors (Lipinski definition) is 1. The van der Waals surface area contributed by atoms with E-state index in [1.54, 1.807) is 13.0 Å². The highest BCUT2D eigenvalue weighted by molar-refractivity contribution is 6.30. The predicted molar refractivity (Wildman–Crippen MR) is 80.8 cm³/mol. The molecule has 0 saturated heterocycles. The Balaban J connectivity index is 2.23. The number of halogens is 1. The van der Waals surface area contributed by atoms with E-state index in [-0.39, 0.29) is 12.4 Å². The van der Waals surface area contributed by atoms with Gasteiger partial charge >= 0.3 is 5.97 Å². The third-order valence-corrected chi connectivity index (χ3v) is 4.23. The quantitative estimate of drug-likeness (QED) is 0.847. The van der Waals surface area contributed by atoms with Gasteiger partial charge in [0, 0.05) is 11.1 Å². The zero-order chi connectivity index (χ0) is 15.5. The van der Waals surface area contributed by atoms with Gasteiger partial charge in [-0.1, -0.05) is 17.7 Å². The molecule has 21 heavy (non-hydrogen) atoms. The minimum atomic E-state index is -0.475. The second-order valence-electron chi connectivity index (χ2n) is 5.44. The number of nitriles is 1. The summed E-state index contributed by atoms with van der Waals surface area (Å²) in [6.45, 7) is 2.10. The number of ether oxygens (including phenoxy) is 1. The van der Waals surface area contributed by atoms with Gasteiger partial charge in [-0.3, -0.25) is 4.79 Å². The van der Waals surface area contributed by atoms with E-state index in [0.29, 0.717) is 11.6 Å². The summed E-state index contributed by atoms with van der Waals surface area (Å²) in [4.78, 5) is 11.5. The largest absolute Gasteiger partial charge is 0.466 e. The Morgan fingerprint density at radius 3 is 2.76 bits per heavy atom. The van der Waals surface area contributed by atoms with Gasteiger partial charge in [0.25, 0.3) is 0 Å². The van der Waals surface area contributed by atoms with Crippen LogP contribution in [-0.4, -0.2) is 12.6 Å². The van der Waals surface area contributed by atoms with Crippen molar-refractivity contribution < 1.29 is 9.53 Å². The first-order chi connectivity index (χ1) is 10.0. The molecular weight excluding hydrogens is 288 g/mol. The van der Waals surface area contributed by atoms with E-state index in [0.717, 1.165) is 30.4 Å². The van der Waals surface area contributed by atoms with E-state index in [1.807, 2.05) is 12.1 Å². The third kappa shape index (κ3) is 3.37. The monoisotopic (exact) mass is 306 g/mol. The van der Waals surface area contributed by atoms with E-state index in [9.17, 15) is 10.1 Å². The second-order valence-corrected chi connectivity index (χ2v) is 5.87. The molecule has 1 aromatic rings. The molecule has 0 aliphatic heterocycles. The molecule has 1 fully saturated rings. The van der Waals surface area contributed by atoms with Gasteiger partial charge in [-0.2, -0.15) is 5.26 Å². The highest BCUT2D eigenvalue weighted by atomic mass is 35.5. The molecule has 1 saturated carbocycles. The topological polar surface area (TPSA) is 76.1 Å². The fourth-order valence-corrected chi connectivity index (χ4v) is 2.86. The summed E-state index contributed by atoms with van der Waals surface area (Å²) in [6.07, 6.45) is 2.84. The summed E-state index contributed by atoms with van der Waals surface area (Å²) in [6, 6.07) is 7.39. The molecule has 0 spiro atoms. The number of carbonyl (C=O) groups is 1. The minimum absolute atomic E-state index is 0.104. The van der Waals surface area contributed by atoms with Crippen molar-refractivity contribution in [1.29, 1.82) is 5.26 Å². The van der Waals surface area contributed by atoms with Crippen LogP contribution in [0.3, 0.4) is 0 Å². The first-order valence-corrected chi connectivity index (χ1v) is 7.52. The van der Waals surface area contributed by atoms with Crippen LogP contribution in [0.2, 0.25) is 5.02 Å². The lowest BCUT2D eigenvalue weighted by molar-refractivity contribution is -0.143. The fourth-order valence-electron chi connectivity index (χ4n) is 2.62. The molecule has 1 aromatic carbocycles. The lowest BCUT2D eigenvalue weighted by atomic mass is 9.65. The molecule has 2 N–H and O–H groups in total. The van der Waals surface area contributed by atoms with Gasteiger partial charge < -0.3 is 10.5 Å². The molecule has 2 rings (SSSR count). The highest BCUT2D eigenvalue weighted by Crippen LogP contribution is 2.44. The molecular formula is C16H19ClN2O2. The van der Waals surface area contributed by atoms with Crippen LogP contribution in [0.1, 0.15) is 49.8 Å². The van der Waals surface area contributed by atoms with Crippen molar-refractivity contribution in [2.24, 2.45) is 5.73 Å². The number of carbonyl (C=O) groups excluding carboxylic acids is 1. The van der Waals surface area contributed by atoms with E-state index in [4.69, 9.17) is 22.1 Å². The average molecular weight is 307 g/mol. The number of nitrogens with two attached hydrogens (primary N) is 1. The number of esters is 1. The van der Waals surface area contributed by atoms with Crippen LogP contribution in [0.25, 0.3) is 0 Å². The molecule has 0 heterocycles. The molecule has 4 nitrogen and oxygen atoms in total. The van der Waals surface area contributed by atoms with E-state index in [2.05, 4.69) is 6.07 Å². The van der Waals surface area contributed by atoms with Crippen molar-refractivity contribution in [2.45, 2.75) is 44.1 Å². The Hall–Kier alpha value is -1.57. The molecule has 5 heteroatoms. The van der Waals surface area contributed by atoms with Crippen LogP contribution in [0, 0.1) is 11.3 Å². The Labute approximate surface area is 129 Å². The average Bonchev–Trinajstić information content (AvgIpc) is 2.37. The predicted octanol–water partition coefficient (Wildman–Crippen LogP) is 3.24. The molecule has 1 aliphatic carbocycles. The minimum Gasteiger partial charge on any atom is -0.466 e. The van der Waals surface area contributed by atoms with Crippen LogP contribution in [-0.2, 0) is 14.9 Å². The van der Waals surface area contributed by atoms with Crippen LogP contribution >= 0.6 is 11.6 Å². The molecule has 1 atom stereocenters. The van der Waals surface area contributed by atoms with Crippen molar-refractivity contribution in [2.75, 3.05) is 6.61 Å². The fraction of sp³-hybridized carbons (Fsp3) is 0.500. The zero-order valence-corrected chi connectivity index (χ0v) is 12.8. The Morgan fingerprint density at radius 1 is 1.52 bits per heavy atom. The van der Waals surface area contributed by atoms with Crippen molar-refractivity contribution in [3.63, 3.8) is 0 Å². The standard InChI is InChI=1S/C16H19ClN2O2/c1-2-21-15(20)9-14(19)11-6-12(8-13(17)7-11)16(10-18)4-3-5-16/h6-8,14H,2-5,9,19H2,1H3/t14-/m1/s1. The molecule has 0 radical (unpaired) electrons. The number of rotatable bonds is 5.